The van der Waals surface area contributed by atoms with E-state index < -0.39 is 0 Å². The zero-order chi connectivity index (χ0) is 18.2. The highest BCUT2D eigenvalue weighted by atomic mass is 32.1. The topological polar surface area (TPSA) is 12.9 Å². The van der Waals surface area contributed by atoms with Gasteiger partial charge in [-0.2, -0.15) is 0 Å². The molecule has 0 unspecified atom stereocenters. The monoisotopic (exact) mass is 349 g/mol. The van der Waals surface area contributed by atoms with Crippen LogP contribution in [-0.2, 0) is 10.8 Å². The molecule has 0 saturated carbocycles. The van der Waals surface area contributed by atoms with E-state index in [-0.39, 0.29) is 10.8 Å². The Hall–Kier alpha value is -1.93. The minimum absolute atomic E-state index is 0.0944. The van der Waals surface area contributed by atoms with Gasteiger partial charge in [-0.05, 0) is 45.7 Å². The fourth-order valence-corrected chi connectivity index (χ4v) is 4.16. The van der Waals surface area contributed by atoms with Gasteiger partial charge in [0.25, 0.3) is 0 Å². The number of para-hydroxylation sites is 1. The summed E-state index contributed by atoms with van der Waals surface area (Å²) in [6, 6.07) is 15.0. The summed E-state index contributed by atoms with van der Waals surface area (Å²) in [5.74, 6) is 0. The lowest BCUT2D eigenvalue weighted by molar-refractivity contribution is 0.529. The van der Waals surface area contributed by atoms with Crippen LogP contribution in [0.1, 0.15) is 63.2 Å². The van der Waals surface area contributed by atoms with E-state index in [1.165, 1.54) is 21.4 Å². The molecule has 1 heterocycles. The van der Waals surface area contributed by atoms with Crippen molar-refractivity contribution >= 4 is 33.7 Å². The number of thiazole rings is 1. The molecule has 0 radical (unpaired) electrons. The zero-order valence-corrected chi connectivity index (χ0v) is 16.9. The Morgan fingerprint density at radius 1 is 0.800 bits per heavy atom. The summed E-state index contributed by atoms with van der Waals surface area (Å²) in [7, 11) is 0. The molecule has 0 aliphatic carbocycles. The smallest absolute Gasteiger partial charge is 0.117 e. The molecule has 0 bridgehead atoms. The van der Waals surface area contributed by atoms with Crippen LogP contribution in [0, 0.1) is 0 Å². The van der Waals surface area contributed by atoms with Gasteiger partial charge in [-0.15, -0.1) is 11.3 Å². The van der Waals surface area contributed by atoms with Gasteiger partial charge in [-0.3, -0.25) is 0 Å². The minimum atomic E-state index is 0.0944. The lowest BCUT2D eigenvalue weighted by Crippen LogP contribution is -2.23. The number of rotatable bonds is 2. The average Bonchev–Trinajstić information content (AvgIpc) is 2.93. The third-order valence-corrected chi connectivity index (χ3v) is 5.37. The molecule has 0 N–H and O–H groups in total. The summed E-state index contributed by atoms with van der Waals surface area (Å²) in [6.07, 6.45) is 4.38. The maximum atomic E-state index is 4.72. The lowest BCUT2D eigenvalue weighted by atomic mass is 9.73. The summed E-state index contributed by atoms with van der Waals surface area (Å²) < 4.78 is 1.24. The molecule has 25 heavy (non-hydrogen) atoms. The van der Waals surface area contributed by atoms with Crippen LogP contribution in [0.4, 0.5) is 0 Å². The summed E-state index contributed by atoms with van der Waals surface area (Å²) in [5.41, 5.74) is 5.44. The molecule has 0 aliphatic heterocycles. The summed E-state index contributed by atoms with van der Waals surface area (Å²) in [4.78, 5) is 4.72. The van der Waals surface area contributed by atoms with Crippen molar-refractivity contribution in [2.45, 2.75) is 52.4 Å². The van der Waals surface area contributed by atoms with E-state index in [1.807, 2.05) is 6.07 Å². The van der Waals surface area contributed by atoms with Crippen molar-refractivity contribution in [1.29, 1.82) is 0 Å². The number of hydrogen-bond donors (Lipinski definition) is 0. The second-order valence-electron chi connectivity index (χ2n) is 8.62. The van der Waals surface area contributed by atoms with Crippen LogP contribution in [0.3, 0.4) is 0 Å². The predicted octanol–water partition coefficient (Wildman–Crippen LogP) is 7.06. The van der Waals surface area contributed by atoms with E-state index in [1.54, 1.807) is 11.3 Å². The first-order valence-corrected chi connectivity index (χ1v) is 9.65. The van der Waals surface area contributed by atoms with E-state index in [4.69, 9.17) is 4.98 Å². The van der Waals surface area contributed by atoms with Gasteiger partial charge >= 0.3 is 0 Å². The minimum Gasteiger partial charge on any atom is -0.237 e. The molecule has 0 fully saturated rings. The fourth-order valence-electron chi connectivity index (χ4n) is 3.29. The van der Waals surface area contributed by atoms with Crippen LogP contribution in [0.15, 0.2) is 42.5 Å². The molecule has 0 aliphatic rings. The van der Waals surface area contributed by atoms with Crippen LogP contribution in [0.5, 0.6) is 0 Å². The first kappa shape index (κ1) is 17.9. The molecule has 130 valence electrons. The molecule has 3 rings (SSSR count). The van der Waals surface area contributed by atoms with Crippen molar-refractivity contribution in [2.24, 2.45) is 0 Å². The molecule has 0 spiro atoms. The normalized spacial score (nSPS) is 13.0. The second kappa shape index (κ2) is 6.42. The van der Waals surface area contributed by atoms with Crippen molar-refractivity contribution in [2.75, 3.05) is 0 Å². The van der Waals surface area contributed by atoms with Gasteiger partial charge in [0, 0.05) is 0 Å². The van der Waals surface area contributed by atoms with Gasteiger partial charge in [0.15, 0.2) is 0 Å². The molecule has 3 aromatic rings. The van der Waals surface area contributed by atoms with Crippen molar-refractivity contribution in [3.63, 3.8) is 0 Å². The maximum absolute atomic E-state index is 4.72. The number of aromatic nitrogens is 1. The Bertz CT molecular complexity index is 884. The fraction of sp³-hybridized carbons (Fsp3) is 0.348. The van der Waals surface area contributed by atoms with Gasteiger partial charge in [-0.1, -0.05) is 78.0 Å². The molecule has 2 aromatic carbocycles. The molecule has 0 atom stereocenters. The van der Waals surface area contributed by atoms with Crippen LogP contribution in [-0.4, -0.2) is 4.98 Å². The zero-order valence-electron chi connectivity index (χ0n) is 16.1. The molecule has 0 amide bonds. The Morgan fingerprint density at radius 3 is 2.16 bits per heavy atom. The Kier molecular flexibility index (Phi) is 4.59. The van der Waals surface area contributed by atoms with Gasteiger partial charge < -0.3 is 0 Å². The SMILES string of the molecule is CC(C)(C)c1cccc(/C=C/c2nc3ccccc3s2)c1C(C)(C)C. The lowest BCUT2D eigenvalue weighted by Gasteiger charge is -2.31. The van der Waals surface area contributed by atoms with Gasteiger partial charge in [0.05, 0.1) is 10.2 Å². The van der Waals surface area contributed by atoms with Gasteiger partial charge in [0.2, 0.25) is 0 Å². The highest BCUT2D eigenvalue weighted by Crippen LogP contribution is 2.37. The Labute approximate surface area is 155 Å². The number of hydrogen-bond acceptors (Lipinski definition) is 2. The van der Waals surface area contributed by atoms with Crippen LogP contribution in [0.2, 0.25) is 0 Å². The van der Waals surface area contributed by atoms with Crippen LogP contribution < -0.4 is 0 Å². The van der Waals surface area contributed by atoms with E-state index in [2.05, 4.69) is 90.1 Å². The molecule has 1 nitrogen and oxygen atoms in total. The van der Waals surface area contributed by atoms with E-state index >= 15 is 0 Å². The molecule has 0 saturated heterocycles. The van der Waals surface area contributed by atoms with Crippen molar-refractivity contribution in [3.05, 3.63) is 64.2 Å². The predicted molar refractivity (Wildman–Crippen MR) is 112 cm³/mol. The first-order valence-electron chi connectivity index (χ1n) is 8.84. The third kappa shape index (κ3) is 3.85. The van der Waals surface area contributed by atoms with Gasteiger partial charge in [0.1, 0.15) is 5.01 Å². The number of benzene rings is 2. The summed E-state index contributed by atoms with van der Waals surface area (Å²) in [5, 5.41) is 1.06. The number of nitrogens with zero attached hydrogens (tertiary/aromatic N) is 1. The van der Waals surface area contributed by atoms with E-state index in [0.29, 0.717) is 0 Å². The quantitative estimate of drug-likeness (QED) is 0.482. The van der Waals surface area contributed by atoms with Crippen molar-refractivity contribution in [1.82, 2.24) is 4.98 Å². The second-order valence-corrected chi connectivity index (χ2v) is 9.69. The highest BCUT2D eigenvalue weighted by molar-refractivity contribution is 7.19. The average molecular weight is 350 g/mol. The summed E-state index contributed by atoms with van der Waals surface area (Å²) in [6.45, 7) is 13.8. The van der Waals surface area contributed by atoms with E-state index in [9.17, 15) is 0 Å². The highest BCUT2D eigenvalue weighted by Gasteiger charge is 2.26. The standard InChI is InChI=1S/C23H27NS/c1-22(2,3)17-11-9-10-16(21(17)23(4,5)6)14-15-20-24-18-12-7-8-13-19(18)25-20/h7-15H,1-6H3/b15-14+. The summed E-state index contributed by atoms with van der Waals surface area (Å²) >= 11 is 1.74. The maximum Gasteiger partial charge on any atom is 0.117 e. The Morgan fingerprint density at radius 2 is 1.52 bits per heavy atom. The van der Waals surface area contributed by atoms with Crippen molar-refractivity contribution in [3.8, 4) is 0 Å². The van der Waals surface area contributed by atoms with Crippen LogP contribution in [0.25, 0.3) is 22.4 Å². The van der Waals surface area contributed by atoms with Gasteiger partial charge in [-0.25, -0.2) is 4.98 Å². The largest absolute Gasteiger partial charge is 0.237 e. The van der Waals surface area contributed by atoms with Crippen molar-refractivity contribution < 1.29 is 0 Å². The third-order valence-electron chi connectivity index (χ3n) is 4.37. The molecular weight excluding hydrogens is 322 g/mol. The molecule has 1 aromatic heterocycles. The Balaban J connectivity index is 2.07. The van der Waals surface area contributed by atoms with E-state index in [0.717, 1.165) is 10.5 Å². The first-order chi connectivity index (χ1) is 11.7. The molecule has 2 heteroatoms. The number of fused-ring (bicyclic) bond motifs is 1. The molecular formula is C23H27NS. The van der Waals surface area contributed by atoms with Crippen LogP contribution >= 0.6 is 11.3 Å².